The average Bonchev–Trinajstić information content (AvgIpc) is 2.45. The Labute approximate surface area is 104 Å². The largest absolute Gasteiger partial charge is 0.364 e. The fourth-order valence-corrected chi connectivity index (χ4v) is 2.55. The number of anilines is 1. The lowest BCUT2D eigenvalue weighted by Gasteiger charge is -2.21. The first-order chi connectivity index (χ1) is 7.37. The van der Waals surface area contributed by atoms with Gasteiger partial charge in [-0.15, -0.1) is 11.3 Å². The lowest BCUT2D eigenvalue weighted by molar-refractivity contribution is 0.631. The highest BCUT2D eigenvalue weighted by atomic mass is 35.5. The number of fused-ring (bicyclic) bond motifs is 1. The second-order valence-corrected chi connectivity index (χ2v) is 6.03. The Morgan fingerprint density at radius 1 is 1.31 bits per heavy atom. The second kappa shape index (κ2) is 3.86. The number of nitrogens with zero attached hydrogens (tertiary/aromatic N) is 2. The maximum absolute atomic E-state index is 5.92. The van der Waals surface area contributed by atoms with Crippen LogP contribution in [-0.2, 0) is 0 Å². The molecule has 0 bridgehead atoms. The minimum absolute atomic E-state index is 0.0392. The van der Waals surface area contributed by atoms with Gasteiger partial charge < -0.3 is 5.32 Å². The number of nitrogens with one attached hydrogen (secondary N) is 1. The van der Waals surface area contributed by atoms with Crippen LogP contribution >= 0.6 is 22.9 Å². The molecule has 0 aliphatic heterocycles. The predicted octanol–water partition coefficient (Wildman–Crippen LogP) is 3.86. The van der Waals surface area contributed by atoms with Crippen molar-refractivity contribution in [3.63, 3.8) is 0 Å². The standard InChI is InChI=1S/C11H14ClN3S/c1-6-5-16-8-7(6)13-10(12)14-9(8)15-11(2,3)4/h5H,1-4H3,(H,13,14,15). The van der Waals surface area contributed by atoms with E-state index in [-0.39, 0.29) is 5.54 Å². The van der Waals surface area contributed by atoms with Gasteiger partial charge >= 0.3 is 0 Å². The smallest absolute Gasteiger partial charge is 0.224 e. The maximum Gasteiger partial charge on any atom is 0.224 e. The molecule has 0 spiro atoms. The van der Waals surface area contributed by atoms with Crippen molar-refractivity contribution in [1.29, 1.82) is 0 Å². The molecule has 2 aromatic heterocycles. The van der Waals surface area contributed by atoms with Gasteiger partial charge in [0.15, 0.2) is 0 Å². The number of aryl methyl sites for hydroxylation is 1. The summed E-state index contributed by atoms with van der Waals surface area (Å²) >= 11 is 7.57. The summed E-state index contributed by atoms with van der Waals surface area (Å²) in [5.41, 5.74) is 2.04. The molecule has 2 rings (SSSR count). The number of hydrogen-bond donors (Lipinski definition) is 1. The zero-order valence-corrected chi connectivity index (χ0v) is 11.3. The third-order valence-electron chi connectivity index (χ3n) is 2.06. The number of hydrogen-bond acceptors (Lipinski definition) is 4. The Morgan fingerprint density at radius 3 is 2.62 bits per heavy atom. The summed E-state index contributed by atoms with van der Waals surface area (Å²) in [5, 5.41) is 5.72. The Bertz CT molecular complexity index is 528. The number of aromatic nitrogens is 2. The van der Waals surface area contributed by atoms with Gasteiger partial charge in [-0.1, -0.05) is 0 Å². The van der Waals surface area contributed by atoms with Gasteiger partial charge in [-0.25, -0.2) is 4.98 Å². The SMILES string of the molecule is Cc1csc2c(NC(C)(C)C)nc(Cl)nc12. The Kier molecular flexibility index (Phi) is 2.80. The second-order valence-electron chi connectivity index (χ2n) is 4.81. The van der Waals surface area contributed by atoms with Crippen molar-refractivity contribution in [2.45, 2.75) is 33.2 Å². The monoisotopic (exact) mass is 255 g/mol. The molecule has 0 saturated carbocycles. The molecule has 0 radical (unpaired) electrons. The third-order valence-corrected chi connectivity index (χ3v) is 3.32. The van der Waals surface area contributed by atoms with Crippen LogP contribution in [0.1, 0.15) is 26.3 Å². The molecule has 0 amide bonds. The van der Waals surface area contributed by atoms with Crippen LogP contribution in [0, 0.1) is 6.92 Å². The molecule has 2 aromatic rings. The molecule has 0 aliphatic carbocycles. The molecule has 0 aliphatic rings. The fraction of sp³-hybridized carbons (Fsp3) is 0.455. The molecule has 1 N–H and O–H groups in total. The summed E-state index contributed by atoms with van der Waals surface area (Å²) < 4.78 is 1.07. The van der Waals surface area contributed by atoms with E-state index < -0.39 is 0 Å². The molecule has 3 nitrogen and oxygen atoms in total. The topological polar surface area (TPSA) is 37.8 Å². The summed E-state index contributed by atoms with van der Waals surface area (Å²) in [6.45, 7) is 8.31. The van der Waals surface area contributed by atoms with Crippen LogP contribution in [-0.4, -0.2) is 15.5 Å². The van der Waals surface area contributed by atoms with Crippen molar-refractivity contribution in [2.75, 3.05) is 5.32 Å². The first-order valence-electron chi connectivity index (χ1n) is 5.06. The van der Waals surface area contributed by atoms with E-state index in [4.69, 9.17) is 11.6 Å². The Balaban J connectivity index is 2.60. The molecule has 86 valence electrons. The van der Waals surface area contributed by atoms with Gasteiger partial charge in [0, 0.05) is 5.54 Å². The van der Waals surface area contributed by atoms with E-state index in [0.717, 1.165) is 21.6 Å². The van der Waals surface area contributed by atoms with Crippen molar-refractivity contribution in [2.24, 2.45) is 0 Å². The third kappa shape index (κ3) is 2.28. The molecular formula is C11H14ClN3S. The van der Waals surface area contributed by atoms with Crippen LogP contribution in [0.5, 0.6) is 0 Å². The van der Waals surface area contributed by atoms with Gasteiger partial charge in [-0.05, 0) is 50.2 Å². The molecule has 2 heterocycles. The zero-order chi connectivity index (χ0) is 11.9. The van der Waals surface area contributed by atoms with Crippen LogP contribution in [0.25, 0.3) is 10.2 Å². The van der Waals surface area contributed by atoms with Gasteiger partial charge in [0.2, 0.25) is 5.28 Å². The van der Waals surface area contributed by atoms with E-state index in [0.29, 0.717) is 5.28 Å². The van der Waals surface area contributed by atoms with Crippen LogP contribution in [0.3, 0.4) is 0 Å². The normalized spacial score (nSPS) is 12.1. The van der Waals surface area contributed by atoms with Crippen molar-refractivity contribution < 1.29 is 0 Å². The summed E-state index contributed by atoms with van der Waals surface area (Å²) in [7, 11) is 0. The predicted molar refractivity (Wildman–Crippen MR) is 70.5 cm³/mol. The van der Waals surface area contributed by atoms with E-state index >= 15 is 0 Å². The van der Waals surface area contributed by atoms with Gasteiger partial charge in [0.25, 0.3) is 0 Å². The highest BCUT2D eigenvalue weighted by molar-refractivity contribution is 7.18. The lowest BCUT2D eigenvalue weighted by Crippen LogP contribution is -2.26. The Hall–Kier alpha value is -0.870. The molecule has 0 atom stereocenters. The number of halogens is 1. The molecule has 0 fully saturated rings. The minimum Gasteiger partial charge on any atom is -0.364 e. The summed E-state index contributed by atoms with van der Waals surface area (Å²) in [5.74, 6) is 0.820. The highest BCUT2D eigenvalue weighted by Crippen LogP contribution is 2.31. The van der Waals surface area contributed by atoms with E-state index in [9.17, 15) is 0 Å². The fourth-order valence-electron chi connectivity index (χ4n) is 1.45. The lowest BCUT2D eigenvalue weighted by atomic mass is 10.1. The van der Waals surface area contributed by atoms with Gasteiger partial charge in [0.1, 0.15) is 5.82 Å². The molecule has 16 heavy (non-hydrogen) atoms. The van der Waals surface area contributed by atoms with Gasteiger partial charge in [-0.2, -0.15) is 4.98 Å². The number of rotatable bonds is 1. The molecule has 0 aromatic carbocycles. The summed E-state index contributed by atoms with van der Waals surface area (Å²) in [6, 6.07) is 0. The van der Waals surface area contributed by atoms with Crippen molar-refractivity contribution in [3.05, 3.63) is 16.2 Å². The van der Waals surface area contributed by atoms with Crippen molar-refractivity contribution in [1.82, 2.24) is 9.97 Å². The first kappa shape index (κ1) is 11.6. The van der Waals surface area contributed by atoms with E-state index in [1.807, 2.05) is 6.92 Å². The summed E-state index contributed by atoms with van der Waals surface area (Å²) in [6.07, 6.45) is 0. The van der Waals surface area contributed by atoms with Crippen molar-refractivity contribution >= 4 is 39.0 Å². The maximum atomic E-state index is 5.92. The van der Waals surface area contributed by atoms with E-state index in [2.05, 4.69) is 41.4 Å². The first-order valence-corrected chi connectivity index (χ1v) is 6.32. The average molecular weight is 256 g/mol. The van der Waals surface area contributed by atoms with E-state index in [1.54, 1.807) is 11.3 Å². The van der Waals surface area contributed by atoms with Crippen LogP contribution in [0.15, 0.2) is 5.38 Å². The minimum atomic E-state index is -0.0392. The van der Waals surface area contributed by atoms with Crippen LogP contribution < -0.4 is 5.32 Å². The van der Waals surface area contributed by atoms with Gasteiger partial charge in [-0.3, -0.25) is 0 Å². The molecule has 0 saturated heterocycles. The zero-order valence-electron chi connectivity index (χ0n) is 9.76. The van der Waals surface area contributed by atoms with Crippen LogP contribution in [0.4, 0.5) is 5.82 Å². The quantitative estimate of drug-likeness (QED) is 0.787. The molecule has 5 heteroatoms. The van der Waals surface area contributed by atoms with Crippen molar-refractivity contribution in [3.8, 4) is 0 Å². The number of thiophene rings is 1. The van der Waals surface area contributed by atoms with Crippen LogP contribution in [0.2, 0.25) is 5.28 Å². The summed E-state index contributed by atoms with van der Waals surface area (Å²) in [4.78, 5) is 8.50. The molecule has 0 unspecified atom stereocenters. The molecular weight excluding hydrogens is 242 g/mol. The highest BCUT2D eigenvalue weighted by Gasteiger charge is 2.16. The van der Waals surface area contributed by atoms with Gasteiger partial charge in [0.05, 0.1) is 10.2 Å². The van der Waals surface area contributed by atoms with E-state index in [1.165, 1.54) is 0 Å². The Morgan fingerprint density at radius 2 is 2.00 bits per heavy atom.